The highest BCUT2D eigenvalue weighted by Crippen LogP contribution is 2.38. The smallest absolute Gasteiger partial charge is 0.163 e. The number of allylic oxidation sites excluding steroid dienone is 1. The number of hydrogen-bond acceptors (Lipinski definition) is 2. The van der Waals surface area contributed by atoms with E-state index in [1.807, 2.05) is 26.2 Å². The number of Topliss-reactive ketones (excluding diaryl/α,β-unsaturated/α-hetero) is 1. The van der Waals surface area contributed by atoms with Crippen molar-refractivity contribution in [1.82, 2.24) is 4.90 Å². The normalized spacial score (nSPS) is 22.6. The summed E-state index contributed by atoms with van der Waals surface area (Å²) in [5.74, 6) is 0.311. The fourth-order valence-electron chi connectivity index (χ4n) is 3.63. The molecule has 0 bridgehead atoms. The van der Waals surface area contributed by atoms with Gasteiger partial charge in [0, 0.05) is 12.5 Å². The summed E-state index contributed by atoms with van der Waals surface area (Å²) in [5, 5.41) is 0. The van der Waals surface area contributed by atoms with E-state index in [-0.39, 0.29) is 17.5 Å². The first kappa shape index (κ1) is 17.6. The molecule has 0 aromatic heterocycles. The van der Waals surface area contributed by atoms with Gasteiger partial charge in [0.2, 0.25) is 0 Å². The lowest BCUT2D eigenvalue weighted by Crippen LogP contribution is -2.34. The number of halogens is 1. The van der Waals surface area contributed by atoms with Crippen molar-refractivity contribution in [3.63, 3.8) is 0 Å². The molecule has 3 heteroatoms. The van der Waals surface area contributed by atoms with Crippen LogP contribution < -0.4 is 0 Å². The molecule has 0 spiro atoms. The van der Waals surface area contributed by atoms with Crippen LogP contribution in [0.1, 0.15) is 29.9 Å². The minimum atomic E-state index is -0.259. The first-order chi connectivity index (χ1) is 12.0. The molecule has 0 heterocycles. The van der Waals surface area contributed by atoms with E-state index in [1.165, 1.54) is 17.7 Å². The van der Waals surface area contributed by atoms with E-state index < -0.39 is 0 Å². The highest BCUT2D eigenvalue weighted by molar-refractivity contribution is 6.02. The van der Waals surface area contributed by atoms with Crippen molar-refractivity contribution >= 4 is 11.9 Å². The molecule has 2 aromatic rings. The lowest BCUT2D eigenvalue weighted by atomic mass is 9.74. The van der Waals surface area contributed by atoms with E-state index in [9.17, 15) is 9.18 Å². The van der Waals surface area contributed by atoms with Gasteiger partial charge in [-0.05, 0) is 67.8 Å². The van der Waals surface area contributed by atoms with Crippen LogP contribution in [0.5, 0.6) is 0 Å². The Morgan fingerprint density at radius 1 is 1.08 bits per heavy atom. The second-order valence-corrected chi connectivity index (χ2v) is 7.09. The number of benzene rings is 2. The van der Waals surface area contributed by atoms with Crippen LogP contribution in [0.4, 0.5) is 4.39 Å². The van der Waals surface area contributed by atoms with Crippen LogP contribution in [0.25, 0.3) is 6.08 Å². The number of carbonyl (C=O) groups excluding carboxylic acids is 1. The Morgan fingerprint density at radius 3 is 2.40 bits per heavy atom. The molecule has 25 heavy (non-hydrogen) atoms. The third-order valence-corrected chi connectivity index (χ3v) is 4.79. The van der Waals surface area contributed by atoms with Crippen molar-refractivity contribution < 1.29 is 9.18 Å². The zero-order valence-electron chi connectivity index (χ0n) is 14.8. The summed E-state index contributed by atoms with van der Waals surface area (Å²) in [5.41, 5.74) is 3.00. The SMILES string of the molecule is CN(C)CC1CC(c2ccccc2)CC(=Cc2ccc(F)cc2)C1=O. The van der Waals surface area contributed by atoms with Crippen molar-refractivity contribution in [3.8, 4) is 0 Å². The molecule has 2 atom stereocenters. The molecule has 1 saturated carbocycles. The Morgan fingerprint density at radius 2 is 1.76 bits per heavy atom. The summed E-state index contributed by atoms with van der Waals surface area (Å²) < 4.78 is 13.1. The number of hydrogen-bond donors (Lipinski definition) is 0. The van der Waals surface area contributed by atoms with Gasteiger partial charge in [0.05, 0.1) is 0 Å². The molecule has 1 aliphatic carbocycles. The Balaban J connectivity index is 1.91. The fourth-order valence-corrected chi connectivity index (χ4v) is 3.63. The van der Waals surface area contributed by atoms with Gasteiger partial charge in [0.15, 0.2) is 5.78 Å². The van der Waals surface area contributed by atoms with Crippen LogP contribution in [0.15, 0.2) is 60.2 Å². The van der Waals surface area contributed by atoms with Gasteiger partial charge in [0.25, 0.3) is 0 Å². The van der Waals surface area contributed by atoms with E-state index in [4.69, 9.17) is 0 Å². The Labute approximate surface area is 149 Å². The third kappa shape index (κ3) is 4.43. The Hall–Kier alpha value is -2.26. The van der Waals surface area contributed by atoms with E-state index in [1.54, 1.807) is 12.1 Å². The zero-order chi connectivity index (χ0) is 17.8. The summed E-state index contributed by atoms with van der Waals surface area (Å²) in [6.07, 6.45) is 3.55. The van der Waals surface area contributed by atoms with Crippen molar-refractivity contribution in [2.45, 2.75) is 18.8 Å². The maximum Gasteiger partial charge on any atom is 0.163 e. The first-order valence-corrected chi connectivity index (χ1v) is 8.73. The first-order valence-electron chi connectivity index (χ1n) is 8.73. The van der Waals surface area contributed by atoms with Crippen molar-refractivity contribution in [2.24, 2.45) is 5.92 Å². The van der Waals surface area contributed by atoms with Crippen LogP contribution in [0.2, 0.25) is 0 Å². The number of rotatable bonds is 4. The highest BCUT2D eigenvalue weighted by atomic mass is 19.1. The summed E-state index contributed by atoms with van der Waals surface area (Å²) in [4.78, 5) is 15.0. The molecule has 0 N–H and O–H groups in total. The molecule has 0 saturated heterocycles. The van der Waals surface area contributed by atoms with E-state index in [2.05, 4.69) is 29.2 Å². The van der Waals surface area contributed by atoms with Crippen LogP contribution >= 0.6 is 0 Å². The van der Waals surface area contributed by atoms with Gasteiger partial charge in [0.1, 0.15) is 5.82 Å². The van der Waals surface area contributed by atoms with Gasteiger partial charge in [-0.15, -0.1) is 0 Å². The third-order valence-electron chi connectivity index (χ3n) is 4.79. The largest absolute Gasteiger partial charge is 0.309 e. The molecule has 2 unspecified atom stereocenters. The molecule has 1 aliphatic rings. The van der Waals surface area contributed by atoms with Crippen LogP contribution in [-0.2, 0) is 4.79 Å². The average molecular weight is 337 g/mol. The number of ketones is 1. The minimum absolute atomic E-state index is 0.000606. The molecular weight excluding hydrogens is 313 g/mol. The van der Waals surface area contributed by atoms with Crippen molar-refractivity contribution in [3.05, 3.63) is 77.1 Å². The van der Waals surface area contributed by atoms with Crippen LogP contribution in [0.3, 0.4) is 0 Å². The lowest BCUT2D eigenvalue weighted by Gasteiger charge is -2.32. The predicted molar refractivity (Wildman–Crippen MR) is 99.8 cm³/mol. The highest BCUT2D eigenvalue weighted by Gasteiger charge is 2.33. The molecule has 1 fully saturated rings. The summed E-state index contributed by atoms with van der Waals surface area (Å²) in [6.45, 7) is 0.753. The molecule has 0 aliphatic heterocycles. The molecule has 0 radical (unpaired) electrons. The topological polar surface area (TPSA) is 20.3 Å². The van der Waals surface area contributed by atoms with Gasteiger partial charge >= 0.3 is 0 Å². The van der Waals surface area contributed by atoms with E-state index in [0.717, 1.165) is 30.5 Å². The summed E-state index contributed by atoms with van der Waals surface area (Å²) >= 11 is 0. The Bertz CT molecular complexity index is 749. The van der Waals surface area contributed by atoms with Crippen molar-refractivity contribution in [2.75, 3.05) is 20.6 Å². The van der Waals surface area contributed by atoms with E-state index >= 15 is 0 Å². The van der Waals surface area contributed by atoms with Gasteiger partial charge in [-0.3, -0.25) is 4.79 Å². The zero-order valence-corrected chi connectivity index (χ0v) is 14.8. The predicted octanol–water partition coefficient (Wildman–Crippen LogP) is 4.53. The molecule has 2 nitrogen and oxygen atoms in total. The monoisotopic (exact) mass is 337 g/mol. The molecule has 0 amide bonds. The summed E-state index contributed by atoms with van der Waals surface area (Å²) in [7, 11) is 4.01. The second-order valence-electron chi connectivity index (χ2n) is 7.09. The van der Waals surface area contributed by atoms with Crippen LogP contribution in [-0.4, -0.2) is 31.3 Å². The average Bonchev–Trinajstić information content (AvgIpc) is 2.60. The maximum absolute atomic E-state index is 13.1. The van der Waals surface area contributed by atoms with E-state index in [0.29, 0.717) is 5.92 Å². The molecule has 130 valence electrons. The summed E-state index contributed by atoms with van der Waals surface area (Å²) in [6, 6.07) is 16.7. The van der Waals surface area contributed by atoms with Gasteiger partial charge in [-0.25, -0.2) is 4.39 Å². The second kappa shape index (κ2) is 7.75. The molecular formula is C22H24FNO. The molecule has 3 rings (SSSR count). The van der Waals surface area contributed by atoms with Gasteiger partial charge < -0.3 is 4.90 Å². The molecule has 2 aromatic carbocycles. The number of nitrogens with zero attached hydrogens (tertiary/aromatic N) is 1. The standard InChI is InChI=1S/C22H24FNO/c1-24(2)15-20-14-18(17-6-4-3-5-7-17)13-19(22(20)25)12-16-8-10-21(23)11-9-16/h3-12,18,20H,13-15H2,1-2H3. The van der Waals surface area contributed by atoms with Crippen molar-refractivity contribution in [1.29, 1.82) is 0 Å². The van der Waals surface area contributed by atoms with Gasteiger partial charge in [-0.2, -0.15) is 0 Å². The number of carbonyl (C=O) groups is 1. The quantitative estimate of drug-likeness (QED) is 0.764. The fraction of sp³-hybridized carbons (Fsp3) is 0.318. The van der Waals surface area contributed by atoms with Crippen LogP contribution in [0, 0.1) is 11.7 Å². The van der Waals surface area contributed by atoms with Gasteiger partial charge in [-0.1, -0.05) is 42.5 Å². The minimum Gasteiger partial charge on any atom is -0.309 e. The maximum atomic E-state index is 13.1. The lowest BCUT2D eigenvalue weighted by molar-refractivity contribution is -0.121. The Kier molecular flexibility index (Phi) is 5.44.